The van der Waals surface area contributed by atoms with E-state index in [0.29, 0.717) is 17.3 Å². The van der Waals surface area contributed by atoms with E-state index >= 15 is 0 Å². The highest BCUT2D eigenvalue weighted by atomic mass is 32.2. The molecule has 0 aliphatic carbocycles. The zero-order valence-electron chi connectivity index (χ0n) is 17.7. The van der Waals surface area contributed by atoms with Crippen LogP contribution in [0.4, 0.5) is 18.9 Å². The Kier molecular flexibility index (Phi) is 7.42. The van der Waals surface area contributed by atoms with E-state index in [2.05, 4.69) is 10.6 Å². The fraction of sp³-hybridized carbons (Fsp3) is 0.182. The molecule has 0 saturated carbocycles. The van der Waals surface area contributed by atoms with Crippen molar-refractivity contribution in [2.45, 2.75) is 30.6 Å². The van der Waals surface area contributed by atoms with E-state index in [1.807, 2.05) is 4.72 Å². The van der Waals surface area contributed by atoms with Crippen molar-refractivity contribution >= 4 is 27.5 Å². The van der Waals surface area contributed by atoms with E-state index in [1.165, 1.54) is 19.3 Å². The van der Waals surface area contributed by atoms with Crippen molar-refractivity contribution in [3.05, 3.63) is 83.8 Å². The fourth-order valence-corrected chi connectivity index (χ4v) is 4.42. The lowest BCUT2D eigenvalue weighted by atomic mass is 10.2. The van der Waals surface area contributed by atoms with Gasteiger partial charge in [0.05, 0.1) is 22.8 Å². The summed E-state index contributed by atoms with van der Waals surface area (Å²) in [6.45, 7) is 1.19. The van der Waals surface area contributed by atoms with Crippen molar-refractivity contribution in [3.63, 3.8) is 0 Å². The lowest BCUT2D eigenvalue weighted by Crippen LogP contribution is -2.44. The first-order valence-electron chi connectivity index (χ1n) is 9.87. The fourth-order valence-electron chi connectivity index (χ4n) is 2.99. The molecule has 0 unspecified atom stereocenters. The van der Waals surface area contributed by atoms with Crippen LogP contribution in [0.15, 0.2) is 76.2 Å². The van der Waals surface area contributed by atoms with Crippen LogP contribution in [0.1, 0.15) is 28.6 Å². The Labute approximate surface area is 193 Å². The highest BCUT2D eigenvalue weighted by Crippen LogP contribution is 2.33. The van der Waals surface area contributed by atoms with Crippen molar-refractivity contribution in [2.75, 3.05) is 5.32 Å². The van der Waals surface area contributed by atoms with Crippen LogP contribution in [0, 0.1) is 0 Å². The number of furan rings is 1. The van der Waals surface area contributed by atoms with Gasteiger partial charge in [-0.1, -0.05) is 24.3 Å². The van der Waals surface area contributed by atoms with E-state index in [1.54, 1.807) is 30.3 Å². The van der Waals surface area contributed by atoms with Gasteiger partial charge in [0.1, 0.15) is 0 Å². The topological polar surface area (TPSA) is 118 Å². The van der Waals surface area contributed by atoms with E-state index in [9.17, 15) is 31.2 Å². The van der Waals surface area contributed by atoms with Gasteiger partial charge < -0.3 is 15.1 Å². The second-order valence-corrected chi connectivity index (χ2v) is 8.87. The van der Waals surface area contributed by atoms with Crippen molar-refractivity contribution in [3.8, 4) is 0 Å². The van der Waals surface area contributed by atoms with E-state index in [-0.39, 0.29) is 12.3 Å². The first-order chi connectivity index (χ1) is 16.0. The summed E-state index contributed by atoms with van der Waals surface area (Å²) in [7, 11) is -4.63. The zero-order valence-corrected chi connectivity index (χ0v) is 18.5. The first-order valence-corrected chi connectivity index (χ1v) is 11.4. The Morgan fingerprint density at radius 3 is 2.44 bits per heavy atom. The number of carbonyl (C=O) groups is 2. The summed E-state index contributed by atoms with van der Waals surface area (Å²) in [4.78, 5) is 23.5. The Bertz CT molecular complexity index is 1270. The molecule has 1 heterocycles. The van der Waals surface area contributed by atoms with Crippen LogP contribution in [-0.2, 0) is 27.5 Å². The Morgan fingerprint density at radius 2 is 1.76 bits per heavy atom. The van der Waals surface area contributed by atoms with Crippen LogP contribution < -0.4 is 15.4 Å². The first kappa shape index (κ1) is 25.0. The molecule has 3 rings (SSSR count). The molecule has 0 aliphatic heterocycles. The minimum Gasteiger partial charge on any atom is -0.459 e. The van der Waals surface area contributed by atoms with Crippen LogP contribution in [0.3, 0.4) is 0 Å². The van der Waals surface area contributed by atoms with Crippen LogP contribution in [0.2, 0.25) is 0 Å². The van der Waals surface area contributed by atoms with Crippen LogP contribution >= 0.6 is 0 Å². The van der Waals surface area contributed by atoms with E-state index < -0.39 is 44.5 Å². The maximum atomic E-state index is 13.2. The Morgan fingerprint density at radius 1 is 1.03 bits per heavy atom. The molecule has 34 heavy (non-hydrogen) atoms. The maximum absolute atomic E-state index is 13.2. The molecular weight excluding hydrogens is 475 g/mol. The van der Waals surface area contributed by atoms with Crippen LogP contribution in [0.5, 0.6) is 0 Å². The number of alkyl halides is 3. The van der Waals surface area contributed by atoms with Gasteiger partial charge in [-0.05, 0) is 48.9 Å². The van der Waals surface area contributed by atoms with Gasteiger partial charge in [0, 0.05) is 12.2 Å². The molecule has 2 amide bonds. The third-order valence-corrected chi connectivity index (χ3v) is 6.20. The predicted molar refractivity (Wildman–Crippen MR) is 116 cm³/mol. The Hall–Kier alpha value is -3.64. The molecule has 3 N–H and O–H groups in total. The third-order valence-electron chi connectivity index (χ3n) is 4.60. The number of hydrogen-bond acceptors (Lipinski definition) is 5. The summed E-state index contributed by atoms with van der Waals surface area (Å²) < 4.78 is 71.5. The monoisotopic (exact) mass is 495 g/mol. The second kappa shape index (κ2) is 10.1. The normalized spacial score (nSPS) is 12.7. The number of amides is 2. The van der Waals surface area contributed by atoms with Gasteiger partial charge in [-0.3, -0.25) is 9.59 Å². The molecule has 1 atom stereocenters. The summed E-state index contributed by atoms with van der Waals surface area (Å²) >= 11 is 0. The van der Waals surface area contributed by atoms with Gasteiger partial charge in [-0.2, -0.15) is 17.9 Å². The number of carbonyl (C=O) groups excluding carboxylic acids is 2. The molecule has 0 saturated heterocycles. The Balaban J connectivity index is 1.62. The zero-order chi connectivity index (χ0) is 24.9. The molecule has 3 aromatic rings. The molecule has 180 valence electrons. The molecule has 8 nitrogen and oxygen atoms in total. The van der Waals surface area contributed by atoms with Gasteiger partial charge in [-0.15, -0.1) is 0 Å². The summed E-state index contributed by atoms with van der Waals surface area (Å²) in [6.07, 6.45) is -3.52. The summed E-state index contributed by atoms with van der Waals surface area (Å²) in [6, 6.07) is 11.9. The lowest BCUT2D eigenvalue weighted by molar-refractivity contribution is -0.139. The molecule has 0 fully saturated rings. The van der Waals surface area contributed by atoms with Crippen LogP contribution in [-0.4, -0.2) is 26.3 Å². The number of anilines is 1. The van der Waals surface area contributed by atoms with E-state index in [4.69, 9.17) is 4.42 Å². The predicted octanol–water partition coefficient (Wildman–Crippen LogP) is 3.53. The SMILES string of the molecule is C[C@H](NS(=O)(=O)c1ccccc1C(F)(F)F)C(=O)NCc1cccc(NC(=O)c2ccco2)c1. The molecule has 2 aromatic carbocycles. The molecule has 0 radical (unpaired) electrons. The second-order valence-electron chi connectivity index (χ2n) is 7.19. The summed E-state index contributed by atoms with van der Waals surface area (Å²) in [5.41, 5.74) is -0.308. The highest BCUT2D eigenvalue weighted by Gasteiger charge is 2.37. The van der Waals surface area contributed by atoms with Gasteiger partial charge in [0.15, 0.2) is 5.76 Å². The van der Waals surface area contributed by atoms with Crippen molar-refractivity contribution < 1.29 is 35.6 Å². The lowest BCUT2D eigenvalue weighted by Gasteiger charge is -2.17. The number of rotatable bonds is 8. The largest absolute Gasteiger partial charge is 0.459 e. The maximum Gasteiger partial charge on any atom is 0.417 e. The van der Waals surface area contributed by atoms with Crippen molar-refractivity contribution in [1.29, 1.82) is 0 Å². The molecule has 0 spiro atoms. The van der Waals surface area contributed by atoms with Gasteiger partial charge >= 0.3 is 6.18 Å². The third kappa shape index (κ3) is 6.23. The van der Waals surface area contributed by atoms with E-state index in [0.717, 1.165) is 18.2 Å². The van der Waals surface area contributed by atoms with Gasteiger partial charge in [0.2, 0.25) is 15.9 Å². The number of hydrogen-bond donors (Lipinski definition) is 3. The molecule has 0 bridgehead atoms. The minimum atomic E-state index is -4.88. The highest BCUT2D eigenvalue weighted by molar-refractivity contribution is 7.89. The summed E-state index contributed by atoms with van der Waals surface area (Å²) in [5.74, 6) is -1.10. The van der Waals surface area contributed by atoms with Crippen LogP contribution in [0.25, 0.3) is 0 Å². The quantitative estimate of drug-likeness (QED) is 0.442. The molecule has 0 aliphatic rings. The molecular formula is C22H20F3N3O5S. The average molecular weight is 495 g/mol. The minimum absolute atomic E-state index is 0.0193. The average Bonchev–Trinajstić information content (AvgIpc) is 3.32. The number of nitrogens with one attached hydrogen (secondary N) is 3. The smallest absolute Gasteiger partial charge is 0.417 e. The number of sulfonamides is 1. The molecule has 1 aromatic heterocycles. The number of benzene rings is 2. The molecule has 12 heteroatoms. The summed E-state index contributed by atoms with van der Waals surface area (Å²) in [5, 5.41) is 5.14. The number of halogens is 3. The standard InChI is InChI=1S/C22H20F3N3O5S/c1-14(28-34(31,32)19-10-3-2-8-17(19)22(23,24)25)20(29)26-13-15-6-4-7-16(12-15)27-21(30)18-9-5-11-33-18/h2-12,14,28H,13H2,1H3,(H,26,29)(H,27,30)/t14-/m0/s1. The van der Waals surface area contributed by atoms with Crippen molar-refractivity contribution in [2.24, 2.45) is 0 Å². The van der Waals surface area contributed by atoms with Gasteiger partial charge in [-0.25, -0.2) is 8.42 Å². The van der Waals surface area contributed by atoms with Crippen molar-refractivity contribution in [1.82, 2.24) is 10.0 Å². The van der Waals surface area contributed by atoms with Gasteiger partial charge in [0.25, 0.3) is 5.91 Å².